The van der Waals surface area contributed by atoms with Gasteiger partial charge in [0.15, 0.2) is 0 Å². The Labute approximate surface area is 111 Å². The number of hydrogen-bond donors (Lipinski definition) is 1. The summed E-state index contributed by atoms with van der Waals surface area (Å²) in [7, 11) is 0. The minimum absolute atomic E-state index is 0.205. The monoisotopic (exact) mass is 295 g/mol. The van der Waals surface area contributed by atoms with Crippen molar-refractivity contribution in [3.63, 3.8) is 0 Å². The van der Waals surface area contributed by atoms with E-state index in [-0.39, 0.29) is 5.41 Å². The third kappa shape index (κ3) is 2.28. The van der Waals surface area contributed by atoms with Crippen LogP contribution in [0, 0.1) is 6.92 Å². The van der Waals surface area contributed by atoms with Crippen LogP contribution in [0.2, 0.25) is 0 Å². The smallest absolute Gasteiger partial charge is 0.0598 e. The molecule has 1 N–H and O–H groups in total. The van der Waals surface area contributed by atoms with Crippen LogP contribution >= 0.6 is 15.9 Å². The Morgan fingerprint density at radius 1 is 1.41 bits per heavy atom. The Kier molecular flexibility index (Phi) is 3.01. The molecule has 1 saturated carbocycles. The molecule has 1 aromatic carbocycles. The standard InChI is InChI=1S/C14H18BrNO/c1-10-2-3-11(15)6-13(10)14(8-17-9-14)7-16-12-4-5-12/h2-3,6,12,16H,4-5,7-9H2,1H3. The van der Waals surface area contributed by atoms with Gasteiger partial charge >= 0.3 is 0 Å². The first-order valence-corrected chi connectivity index (χ1v) is 7.07. The first-order valence-electron chi connectivity index (χ1n) is 6.27. The number of hydrogen-bond acceptors (Lipinski definition) is 2. The zero-order valence-corrected chi connectivity index (χ0v) is 11.7. The Hall–Kier alpha value is -0.380. The second kappa shape index (κ2) is 4.38. The molecule has 1 saturated heterocycles. The van der Waals surface area contributed by atoms with E-state index in [2.05, 4.69) is 46.4 Å². The van der Waals surface area contributed by atoms with Crippen LogP contribution in [-0.2, 0) is 10.2 Å². The highest BCUT2D eigenvalue weighted by Crippen LogP contribution is 2.36. The molecular weight excluding hydrogens is 278 g/mol. The van der Waals surface area contributed by atoms with Crippen molar-refractivity contribution in [2.45, 2.75) is 31.2 Å². The van der Waals surface area contributed by atoms with Gasteiger partial charge in [-0.3, -0.25) is 0 Å². The SMILES string of the molecule is Cc1ccc(Br)cc1C1(CNC2CC2)COC1. The summed E-state index contributed by atoms with van der Waals surface area (Å²) in [5.74, 6) is 0. The summed E-state index contributed by atoms with van der Waals surface area (Å²) in [5, 5.41) is 3.65. The number of halogens is 1. The van der Waals surface area contributed by atoms with Crippen molar-refractivity contribution in [1.82, 2.24) is 5.32 Å². The van der Waals surface area contributed by atoms with Crippen LogP contribution in [0.4, 0.5) is 0 Å². The summed E-state index contributed by atoms with van der Waals surface area (Å²) in [5.41, 5.74) is 3.01. The van der Waals surface area contributed by atoms with Crippen molar-refractivity contribution >= 4 is 15.9 Å². The van der Waals surface area contributed by atoms with Crippen molar-refractivity contribution < 1.29 is 4.74 Å². The van der Waals surface area contributed by atoms with Gasteiger partial charge in [-0.2, -0.15) is 0 Å². The predicted octanol–water partition coefficient (Wildman–Crippen LogP) is 2.78. The molecule has 0 aromatic heterocycles. The van der Waals surface area contributed by atoms with E-state index in [9.17, 15) is 0 Å². The van der Waals surface area contributed by atoms with Gasteiger partial charge in [0.2, 0.25) is 0 Å². The second-order valence-electron chi connectivity index (χ2n) is 5.39. The first-order chi connectivity index (χ1) is 8.20. The maximum absolute atomic E-state index is 5.48. The largest absolute Gasteiger partial charge is 0.379 e. The van der Waals surface area contributed by atoms with Crippen molar-refractivity contribution in [2.24, 2.45) is 0 Å². The predicted molar refractivity (Wildman–Crippen MR) is 72.4 cm³/mol. The summed E-state index contributed by atoms with van der Waals surface area (Å²) < 4.78 is 6.65. The molecule has 0 atom stereocenters. The molecule has 17 heavy (non-hydrogen) atoms. The lowest BCUT2D eigenvalue weighted by Crippen LogP contribution is -2.54. The molecule has 3 heteroatoms. The fourth-order valence-corrected chi connectivity index (χ4v) is 2.86. The summed E-state index contributed by atoms with van der Waals surface area (Å²) in [6.07, 6.45) is 2.68. The van der Waals surface area contributed by atoms with E-state index in [4.69, 9.17) is 4.74 Å². The van der Waals surface area contributed by atoms with Gasteiger partial charge in [0.05, 0.1) is 18.6 Å². The lowest BCUT2D eigenvalue weighted by molar-refractivity contribution is -0.0594. The highest BCUT2D eigenvalue weighted by Gasteiger charge is 2.42. The molecule has 1 aromatic rings. The third-order valence-electron chi connectivity index (χ3n) is 3.83. The normalized spacial score (nSPS) is 22.2. The second-order valence-corrected chi connectivity index (χ2v) is 6.30. The molecule has 2 fully saturated rings. The van der Waals surface area contributed by atoms with Crippen LogP contribution in [0.5, 0.6) is 0 Å². The molecule has 0 spiro atoms. The fraction of sp³-hybridized carbons (Fsp3) is 0.571. The first kappa shape index (κ1) is 11.7. The van der Waals surface area contributed by atoms with Gasteiger partial charge in [-0.1, -0.05) is 22.0 Å². The molecule has 0 unspecified atom stereocenters. The van der Waals surface area contributed by atoms with Gasteiger partial charge in [-0.15, -0.1) is 0 Å². The van der Waals surface area contributed by atoms with E-state index in [0.29, 0.717) is 0 Å². The maximum Gasteiger partial charge on any atom is 0.0598 e. The minimum atomic E-state index is 0.205. The topological polar surface area (TPSA) is 21.3 Å². The molecule has 0 bridgehead atoms. The third-order valence-corrected chi connectivity index (χ3v) is 4.33. The van der Waals surface area contributed by atoms with Crippen LogP contribution in [0.25, 0.3) is 0 Å². The molecule has 1 heterocycles. The summed E-state index contributed by atoms with van der Waals surface area (Å²) in [4.78, 5) is 0. The Morgan fingerprint density at radius 2 is 2.18 bits per heavy atom. The van der Waals surface area contributed by atoms with E-state index in [1.807, 2.05) is 0 Å². The van der Waals surface area contributed by atoms with E-state index < -0.39 is 0 Å². The van der Waals surface area contributed by atoms with Crippen LogP contribution in [-0.4, -0.2) is 25.8 Å². The van der Waals surface area contributed by atoms with Crippen LogP contribution in [0.1, 0.15) is 24.0 Å². The van der Waals surface area contributed by atoms with E-state index in [1.165, 1.54) is 24.0 Å². The zero-order valence-electron chi connectivity index (χ0n) is 10.1. The molecule has 92 valence electrons. The average molecular weight is 296 g/mol. The van der Waals surface area contributed by atoms with Crippen LogP contribution < -0.4 is 5.32 Å². The molecule has 1 aliphatic carbocycles. The molecule has 3 rings (SSSR count). The number of nitrogens with one attached hydrogen (secondary N) is 1. The van der Waals surface area contributed by atoms with Crippen LogP contribution in [0.15, 0.2) is 22.7 Å². The van der Waals surface area contributed by atoms with Gasteiger partial charge in [-0.25, -0.2) is 0 Å². The quantitative estimate of drug-likeness (QED) is 0.922. The van der Waals surface area contributed by atoms with Gasteiger partial charge in [0, 0.05) is 17.1 Å². The Morgan fingerprint density at radius 3 is 2.76 bits per heavy atom. The molecule has 2 nitrogen and oxygen atoms in total. The maximum atomic E-state index is 5.48. The number of rotatable bonds is 4. The molecule has 1 aliphatic heterocycles. The molecule has 0 amide bonds. The van der Waals surface area contributed by atoms with Crippen LogP contribution in [0.3, 0.4) is 0 Å². The Balaban J connectivity index is 1.84. The minimum Gasteiger partial charge on any atom is -0.379 e. The lowest BCUT2D eigenvalue weighted by atomic mass is 9.76. The van der Waals surface area contributed by atoms with E-state index >= 15 is 0 Å². The molecule has 0 radical (unpaired) electrons. The Bertz CT molecular complexity index is 424. The highest BCUT2D eigenvalue weighted by atomic mass is 79.9. The number of ether oxygens (including phenoxy) is 1. The van der Waals surface area contributed by atoms with E-state index in [0.717, 1.165) is 30.3 Å². The fourth-order valence-electron chi connectivity index (χ4n) is 2.49. The molecule has 2 aliphatic rings. The highest BCUT2D eigenvalue weighted by molar-refractivity contribution is 9.10. The van der Waals surface area contributed by atoms with Crippen molar-refractivity contribution in [2.75, 3.05) is 19.8 Å². The summed E-state index contributed by atoms with van der Waals surface area (Å²) in [6.45, 7) is 4.95. The summed E-state index contributed by atoms with van der Waals surface area (Å²) in [6, 6.07) is 7.32. The van der Waals surface area contributed by atoms with E-state index in [1.54, 1.807) is 0 Å². The van der Waals surface area contributed by atoms with Gasteiger partial charge in [0.25, 0.3) is 0 Å². The lowest BCUT2D eigenvalue weighted by Gasteiger charge is -2.43. The summed E-state index contributed by atoms with van der Waals surface area (Å²) >= 11 is 3.57. The molecular formula is C14H18BrNO. The van der Waals surface area contributed by atoms with Crippen molar-refractivity contribution in [3.8, 4) is 0 Å². The van der Waals surface area contributed by atoms with Crippen molar-refractivity contribution in [1.29, 1.82) is 0 Å². The zero-order chi connectivity index (χ0) is 11.9. The number of aryl methyl sites for hydroxylation is 1. The average Bonchev–Trinajstić information content (AvgIpc) is 3.05. The van der Waals surface area contributed by atoms with Gasteiger partial charge in [0.1, 0.15) is 0 Å². The van der Waals surface area contributed by atoms with Crippen molar-refractivity contribution in [3.05, 3.63) is 33.8 Å². The van der Waals surface area contributed by atoms with Gasteiger partial charge < -0.3 is 10.1 Å². The number of benzene rings is 1. The van der Waals surface area contributed by atoms with Gasteiger partial charge in [-0.05, 0) is 43.0 Å².